The van der Waals surface area contributed by atoms with Gasteiger partial charge in [0.05, 0.1) is 0 Å². The molecule has 1 amide bonds. The van der Waals surface area contributed by atoms with Gasteiger partial charge in [0.1, 0.15) is 5.69 Å². The van der Waals surface area contributed by atoms with E-state index in [4.69, 9.17) is 0 Å². The zero-order chi connectivity index (χ0) is 17.9. The van der Waals surface area contributed by atoms with E-state index in [1.165, 1.54) is 5.69 Å². The first-order chi connectivity index (χ1) is 12.7. The first-order valence-electron chi connectivity index (χ1n) is 8.89. The summed E-state index contributed by atoms with van der Waals surface area (Å²) in [5.41, 5.74) is 2.40. The van der Waals surface area contributed by atoms with Gasteiger partial charge in [0.25, 0.3) is 5.91 Å². The topological polar surface area (TPSA) is 48.5 Å². The first-order valence-corrected chi connectivity index (χ1v) is 8.89. The summed E-state index contributed by atoms with van der Waals surface area (Å²) in [6, 6.07) is 17.7. The molecule has 5 heteroatoms. The van der Waals surface area contributed by atoms with E-state index in [-0.39, 0.29) is 5.91 Å². The van der Waals surface area contributed by atoms with Crippen LogP contribution in [-0.2, 0) is 0 Å². The molecule has 2 aromatic carbocycles. The number of hydrogen-bond acceptors (Lipinski definition) is 4. The van der Waals surface area contributed by atoms with Gasteiger partial charge in [-0.1, -0.05) is 24.3 Å². The van der Waals surface area contributed by atoms with Crippen molar-refractivity contribution in [1.82, 2.24) is 9.88 Å². The van der Waals surface area contributed by atoms with Crippen molar-refractivity contribution in [2.75, 3.05) is 43.4 Å². The summed E-state index contributed by atoms with van der Waals surface area (Å²) < 4.78 is 0. The smallest absolute Gasteiger partial charge is 0.274 e. The van der Waals surface area contributed by atoms with Gasteiger partial charge >= 0.3 is 0 Å². The lowest BCUT2D eigenvalue weighted by atomic mass is 10.1. The number of pyridine rings is 1. The number of piperazine rings is 1. The molecule has 0 spiro atoms. The average molecular weight is 346 g/mol. The van der Waals surface area contributed by atoms with Crippen LogP contribution in [0.15, 0.2) is 60.8 Å². The number of nitrogens with one attached hydrogen (secondary N) is 1. The zero-order valence-electron chi connectivity index (χ0n) is 14.9. The minimum atomic E-state index is -0.192. The fourth-order valence-electron chi connectivity index (χ4n) is 3.22. The van der Waals surface area contributed by atoms with E-state index >= 15 is 0 Å². The SMILES string of the molecule is CN1CCN(c2ccc(NC(=O)c3cc4ccccc4cn3)cc2)CC1. The lowest BCUT2D eigenvalue weighted by Gasteiger charge is -2.34. The normalized spacial score (nSPS) is 15.2. The van der Waals surface area contributed by atoms with E-state index in [0.29, 0.717) is 5.69 Å². The Morgan fingerprint density at radius 1 is 0.962 bits per heavy atom. The Bertz CT molecular complexity index is 915. The van der Waals surface area contributed by atoms with Crippen molar-refractivity contribution in [3.05, 3.63) is 66.5 Å². The van der Waals surface area contributed by atoms with Crippen molar-refractivity contribution in [2.45, 2.75) is 0 Å². The van der Waals surface area contributed by atoms with E-state index in [9.17, 15) is 4.79 Å². The molecule has 0 saturated carbocycles. The zero-order valence-corrected chi connectivity index (χ0v) is 14.9. The van der Waals surface area contributed by atoms with E-state index in [1.807, 2.05) is 42.5 Å². The van der Waals surface area contributed by atoms with E-state index in [2.05, 4.69) is 39.3 Å². The van der Waals surface area contributed by atoms with Crippen LogP contribution in [0.4, 0.5) is 11.4 Å². The highest BCUT2D eigenvalue weighted by Crippen LogP contribution is 2.20. The molecular weight excluding hydrogens is 324 g/mol. The minimum absolute atomic E-state index is 0.192. The van der Waals surface area contributed by atoms with Gasteiger partial charge in [0.15, 0.2) is 0 Å². The fourth-order valence-corrected chi connectivity index (χ4v) is 3.22. The highest BCUT2D eigenvalue weighted by atomic mass is 16.1. The molecule has 1 aliphatic rings. The second kappa shape index (κ2) is 7.14. The van der Waals surface area contributed by atoms with Crippen molar-refractivity contribution in [3.63, 3.8) is 0 Å². The summed E-state index contributed by atoms with van der Waals surface area (Å²) in [6.07, 6.45) is 1.74. The Hall–Kier alpha value is -2.92. The number of benzene rings is 2. The number of nitrogens with zero attached hydrogens (tertiary/aromatic N) is 3. The van der Waals surface area contributed by atoms with E-state index in [1.54, 1.807) is 6.20 Å². The van der Waals surface area contributed by atoms with Crippen molar-refractivity contribution < 1.29 is 4.79 Å². The molecule has 0 atom stereocenters. The maximum atomic E-state index is 12.5. The molecule has 1 N–H and O–H groups in total. The van der Waals surface area contributed by atoms with Crippen LogP contribution in [0.2, 0.25) is 0 Å². The van der Waals surface area contributed by atoms with E-state index < -0.39 is 0 Å². The highest BCUT2D eigenvalue weighted by molar-refractivity contribution is 6.04. The Kier molecular flexibility index (Phi) is 4.54. The molecule has 0 radical (unpaired) electrons. The highest BCUT2D eigenvalue weighted by Gasteiger charge is 2.14. The quantitative estimate of drug-likeness (QED) is 0.791. The number of aromatic nitrogens is 1. The lowest BCUT2D eigenvalue weighted by Crippen LogP contribution is -2.44. The van der Waals surface area contributed by atoms with Crippen LogP contribution in [0.3, 0.4) is 0 Å². The predicted octanol–water partition coefficient (Wildman–Crippen LogP) is 3.24. The van der Waals surface area contributed by atoms with Gasteiger partial charge < -0.3 is 15.1 Å². The summed E-state index contributed by atoms with van der Waals surface area (Å²) in [7, 11) is 2.15. The molecule has 1 aromatic heterocycles. The van der Waals surface area contributed by atoms with Crippen LogP contribution >= 0.6 is 0 Å². The monoisotopic (exact) mass is 346 g/mol. The van der Waals surface area contributed by atoms with Gasteiger partial charge in [-0.15, -0.1) is 0 Å². The molecule has 2 heterocycles. The Balaban J connectivity index is 1.45. The van der Waals surface area contributed by atoms with Crippen LogP contribution in [0, 0.1) is 0 Å². The van der Waals surface area contributed by atoms with E-state index in [0.717, 1.165) is 42.6 Å². The number of amides is 1. The third kappa shape index (κ3) is 3.53. The number of carbonyl (C=O) groups is 1. The van der Waals surface area contributed by atoms with Crippen molar-refractivity contribution in [2.24, 2.45) is 0 Å². The summed E-state index contributed by atoms with van der Waals surface area (Å²) in [5.74, 6) is -0.192. The first kappa shape index (κ1) is 16.5. The van der Waals surface area contributed by atoms with Gasteiger partial charge in [-0.05, 0) is 42.8 Å². The second-order valence-electron chi connectivity index (χ2n) is 6.71. The summed E-state index contributed by atoms with van der Waals surface area (Å²) in [4.78, 5) is 21.5. The molecule has 1 fully saturated rings. The number of anilines is 2. The van der Waals surface area contributed by atoms with Gasteiger partial charge in [-0.3, -0.25) is 9.78 Å². The van der Waals surface area contributed by atoms with Crippen LogP contribution in [0.1, 0.15) is 10.5 Å². The van der Waals surface area contributed by atoms with Crippen molar-refractivity contribution >= 4 is 28.1 Å². The third-order valence-electron chi connectivity index (χ3n) is 4.86. The van der Waals surface area contributed by atoms with Gasteiger partial charge in [0.2, 0.25) is 0 Å². The Morgan fingerprint density at radius 2 is 1.65 bits per heavy atom. The molecule has 3 aromatic rings. The molecule has 0 aliphatic carbocycles. The number of fused-ring (bicyclic) bond motifs is 1. The van der Waals surface area contributed by atoms with Crippen LogP contribution in [0.5, 0.6) is 0 Å². The maximum Gasteiger partial charge on any atom is 0.274 e. The Morgan fingerprint density at radius 3 is 2.38 bits per heavy atom. The molecule has 1 aliphatic heterocycles. The second-order valence-corrected chi connectivity index (χ2v) is 6.71. The molecular formula is C21H22N4O. The Labute approximate surface area is 153 Å². The molecule has 5 nitrogen and oxygen atoms in total. The molecule has 0 bridgehead atoms. The summed E-state index contributed by atoms with van der Waals surface area (Å²) in [5, 5.41) is 4.97. The molecule has 4 rings (SSSR count). The standard InChI is InChI=1S/C21H22N4O/c1-24-10-12-25(13-11-24)19-8-6-18(7-9-19)23-21(26)20-14-16-4-2-3-5-17(16)15-22-20/h2-9,14-15H,10-13H2,1H3,(H,23,26). The maximum absolute atomic E-state index is 12.5. The predicted molar refractivity (Wildman–Crippen MR) is 106 cm³/mol. The summed E-state index contributed by atoms with van der Waals surface area (Å²) in [6.45, 7) is 4.21. The minimum Gasteiger partial charge on any atom is -0.369 e. The third-order valence-corrected chi connectivity index (χ3v) is 4.86. The molecule has 26 heavy (non-hydrogen) atoms. The summed E-state index contributed by atoms with van der Waals surface area (Å²) >= 11 is 0. The number of rotatable bonds is 3. The average Bonchev–Trinajstić information content (AvgIpc) is 2.69. The van der Waals surface area contributed by atoms with Crippen molar-refractivity contribution in [3.8, 4) is 0 Å². The molecule has 1 saturated heterocycles. The van der Waals surface area contributed by atoms with Crippen LogP contribution in [0.25, 0.3) is 10.8 Å². The largest absolute Gasteiger partial charge is 0.369 e. The van der Waals surface area contributed by atoms with Crippen molar-refractivity contribution in [1.29, 1.82) is 0 Å². The molecule has 132 valence electrons. The van der Waals surface area contributed by atoms with Crippen LogP contribution in [-0.4, -0.2) is 49.0 Å². The fraction of sp³-hybridized carbons (Fsp3) is 0.238. The van der Waals surface area contributed by atoms with Crippen LogP contribution < -0.4 is 10.2 Å². The lowest BCUT2D eigenvalue weighted by molar-refractivity contribution is 0.102. The molecule has 0 unspecified atom stereocenters. The number of hydrogen-bond donors (Lipinski definition) is 1. The van der Waals surface area contributed by atoms with Gasteiger partial charge in [-0.25, -0.2) is 0 Å². The van der Waals surface area contributed by atoms with Gasteiger partial charge in [-0.2, -0.15) is 0 Å². The number of likely N-dealkylation sites (N-methyl/N-ethyl adjacent to an activating group) is 1. The number of carbonyl (C=O) groups excluding carboxylic acids is 1. The van der Waals surface area contributed by atoms with Gasteiger partial charge in [0, 0.05) is 49.1 Å².